The van der Waals surface area contributed by atoms with E-state index in [1.807, 2.05) is 0 Å². The van der Waals surface area contributed by atoms with Crippen LogP contribution in [-0.2, 0) is 19.4 Å². The normalized spacial score (nSPS) is 18.1. The summed E-state index contributed by atoms with van der Waals surface area (Å²) in [6, 6.07) is 0.564. The first-order valence-electron chi connectivity index (χ1n) is 7.95. The van der Waals surface area contributed by atoms with Gasteiger partial charge in [0.2, 0.25) is 0 Å². The van der Waals surface area contributed by atoms with Gasteiger partial charge in [-0.2, -0.15) is 0 Å². The van der Waals surface area contributed by atoms with E-state index in [4.69, 9.17) is 4.98 Å². The zero-order valence-electron chi connectivity index (χ0n) is 13.0. The van der Waals surface area contributed by atoms with Crippen LogP contribution in [0.4, 0.5) is 0 Å². The average molecular weight is 263 g/mol. The van der Waals surface area contributed by atoms with Crippen LogP contribution in [0.2, 0.25) is 0 Å². The Balaban J connectivity index is 2.18. The van der Waals surface area contributed by atoms with Crippen molar-refractivity contribution in [3.05, 3.63) is 17.2 Å². The Morgan fingerprint density at radius 3 is 2.68 bits per heavy atom. The van der Waals surface area contributed by atoms with E-state index >= 15 is 0 Å². The third-order valence-electron chi connectivity index (χ3n) is 4.60. The van der Waals surface area contributed by atoms with E-state index in [0.717, 1.165) is 13.1 Å². The zero-order valence-corrected chi connectivity index (χ0v) is 13.0. The number of hydrogen-bond donors (Lipinski definition) is 1. The van der Waals surface area contributed by atoms with Crippen molar-refractivity contribution in [2.45, 2.75) is 72.4 Å². The predicted octanol–water partition coefficient (Wildman–Crippen LogP) is 3.09. The molecule has 0 fully saturated rings. The van der Waals surface area contributed by atoms with Gasteiger partial charge in [0.15, 0.2) is 0 Å². The molecule has 0 bridgehead atoms. The molecule has 1 aromatic rings. The van der Waals surface area contributed by atoms with Crippen LogP contribution in [0, 0.1) is 12.8 Å². The molecule has 0 aliphatic heterocycles. The minimum Gasteiger partial charge on any atom is -0.330 e. The van der Waals surface area contributed by atoms with Crippen molar-refractivity contribution >= 4 is 0 Å². The van der Waals surface area contributed by atoms with Gasteiger partial charge in [-0.05, 0) is 45.1 Å². The lowest BCUT2D eigenvalue weighted by Crippen LogP contribution is -2.39. The topological polar surface area (TPSA) is 29.9 Å². The van der Waals surface area contributed by atoms with Crippen LogP contribution in [0.15, 0.2) is 0 Å². The van der Waals surface area contributed by atoms with E-state index in [1.165, 1.54) is 49.3 Å². The maximum atomic E-state index is 4.78. The first-order chi connectivity index (χ1) is 9.17. The summed E-state index contributed by atoms with van der Waals surface area (Å²) in [6.45, 7) is 11.1. The van der Waals surface area contributed by atoms with Crippen LogP contribution >= 0.6 is 0 Å². The summed E-state index contributed by atoms with van der Waals surface area (Å²) < 4.78 is 2.48. The molecular formula is C16H29N3. The number of nitrogens with one attached hydrogen (secondary N) is 1. The number of hydrogen-bond acceptors (Lipinski definition) is 2. The number of nitrogens with zero attached hydrogens (tertiary/aromatic N) is 2. The van der Waals surface area contributed by atoms with Gasteiger partial charge in [0.05, 0.1) is 5.69 Å². The molecule has 0 spiro atoms. The number of likely N-dealkylation sites (N-methyl/N-ethyl adjacent to an activating group) is 1. The predicted molar refractivity (Wildman–Crippen MR) is 80.5 cm³/mol. The SMILES string of the molecule is CCNC(Cn1c(C)nc2c1CCCC2)C(C)CC. The highest BCUT2D eigenvalue weighted by Crippen LogP contribution is 2.23. The number of fused-ring (bicyclic) bond motifs is 1. The molecule has 1 N–H and O–H groups in total. The molecule has 0 saturated heterocycles. The summed E-state index contributed by atoms with van der Waals surface area (Å²) in [5.41, 5.74) is 2.87. The Morgan fingerprint density at radius 2 is 2.00 bits per heavy atom. The molecule has 0 amide bonds. The van der Waals surface area contributed by atoms with Gasteiger partial charge in [-0.1, -0.05) is 27.2 Å². The summed E-state index contributed by atoms with van der Waals surface area (Å²) in [5.74, 6) is 1.92. The molecule has 2 atom stereocenters. The molecule has 3 heteroatoms. The van der Waals surface area contributed by atoms with E-state index in [0.29, 0.717) is 12.0 Å². The van der Waals surface area contributed by atoms with Crippen LogP contribution in [0.25, 0.3) is 0 Å². The second-order valence-corrected chi connectivity index (χ2v) is 5.92. The Kier molecular flexibility index (Phi) is 5.03. The minimum atomic E-state index is 0.564. The fraction of sp³-hybridized carbons (Fsp3) is 0.812. The fourth-order valence-electron chi connectivity index (χ4n) is 3.17. The van der Waals surface area contributed by atoms with Crippen LogP contribution in [0.1, 0.15) is 57.2 Å². The summed E-state index contributed by atoms with van der Waals surface area (Å²) >= 11 is 0. The molecule has 2 unspecified atom stereocenters. The second-order valence-electron chi connectivity index (χ2n) is 5.92. The third kappa shape index (κ3) is 3.19. The third-order valence-corrected chi connectivity index (χ3v) is 4.60. The Labute approximate surface area is 117 Å². The van der Waals surface area contributed by atoms with Crippen LogP contribution in [-0.4, -0.2) is 22.1 Å². The van der Waals surface area contributed by atoms with Gasteiger partial charge in [0.1, 0.15) is 5.82 Å². The lowest BCUT2D eigenvalue weighted by molar-refractivity contribution is 0.328. The van der Waals surface area contributed by atoms with Crippen LogP contribution in [0.3, 0.4) is 0 Å². The van der Waals surface area contributed by atoms with Gasteiger partial charge >= 0.3 is 0 Å². The standard InChI is InChI=1S/C16H29N3/c1-5-12(3)15(17-6-2)11-19-13(4)18-14-9-7-8-10-16(14)19/h12,15,17H,5-11H2,1-4H3. The van der Waals surface area contributed by atoms with E-state index < -0.39 is 0 Å². The van der Waals surface area contributed by atoms with Gasteiger partial charge in [-0.25, -0.2) is 4.98 Å². The lowest BCUT2D eigenvalue weighted by Gasteiger charge is -2.26. The molecule has 0 radical (unpaired) electrons. The van der Waals surface area contributed by atoms with Gasteiger partial charge in [-0.3, -0.25) is 0 Å². The van der Waals surface area contributed by atoms with E-state index in [-0.39, 0.29) is 0 Å². The minimum absolute atomic E-state index is 0.564. The molecule has 2 rings (SSSR count). The fourth-order valence-corrected chi connectivity index (χ4v) is 3.17. The Morgan fingerprint density at radius 1 is 1.26 bits per heavy atom. The summed E-state index contributed by atoms with van der Waals surface area (Å²) in [6.07, 6.45) is 6.26. The van der Waals surface area contributed by atoms with Gasteiger partial charge in [0, 0.05) is 18.3 Å². The van der Waals surface area contributed by atoms with Gasteiger partial charge < -0.3 is 9.88 Å². The number of aromatic nitrogens is 2. The van der Waals surface area contributed by atoms with E-state index in [2.05, 4.69) is 37.6 Å². The smallest absolute Gasteiger partial charge is 0.106 e. The van der Waals surface area contributed by atoms with Crippen molar-refractivity contribution in [2.75, 3.05) is 6.54 Å². The molecule has 1 heterocycles. The lowest BCUT2D eigenvalue weighted by atomic mass is 9.97. The number of aryl methyl sites for hydroxylation is 2. The second kappa shape index (κ2) is 6.56. The van der Waals surface area contributed by atoms with E-state index in [9.17, 15) is 0 Å². The number of rotatable bonds is 6. The molecule has 1 aliphatic carbocycles. The molecule has 1 aromatic heterocycles. The van der Waals surface area contributed by atoms with Gasteiger partial charge in [0.25, 0.3) is 0 Å². The molecule has 19 heavy (non-hydrogen) atoms. The molecule has 1 aliphatic rings. The average Bonchev–Trinajstić information content (AvgIpc) is 2.73. The highest BCUT2D eigenvalue weighted by atomic mass is 15.1. The zero-order chi connectivity index (χ0) is 13.8. The monoisotopic (exact) mass is 263 g/mol. The van der Waals surface area contributed by atoms with Crippen molar-refractivity contribution in [1.82, 2.24) is 14.9 Å². The maximum Gasteiger partial charge on any atom is 0.106 e. The van der Waals surface area contributed by atoms with Crippen molar-refractivity contribution in [1.29, 1.82) is 0 Å². The highest BCUT2D eigenvalue weighted by molar-refractivity contribution is 5.20. The summed E-state index contributed by atoms with van der Waals surface area (Å²) in [5, 5.41) is 3.66. The summed E-state index contributed by atoms with van der Waals surface area (Å²) in [7, 11) is 0. The first kappa shape index (κ1) is 14.6. The van der Waals surface area contributed by atoms with Crippen molar-refractivity contribution in [2.24, 2.45) is 5.92 Å². The Hall–Kier alpha value is -0.830. The summed E-state index contributed by atoms with van der Waals surface area (Å²) in [4.78, 5) is 4.78. The molecule has 108 valence electrons. The molecular weight excluding hydrogens is 234 g/mol. The highest BCUT2D eigenvalue weighted by Gasteiger charge is 2.22. The van der Waals surface area contributed by atoms with Crippen molar-refractivity contribution in [3.8, 4) is 0 Å². The van der Waals surface area contributed by atoms with Crippen LogP contribution < -0.4 is 5.32 Å². The van der Waals surface area contributed by atoms with Crippen LogP contribution in [0.5, 0.6) is 0 Å². The quantitative estimate of drug-likeness (QED) is 0.854. The molecule has 3 nitrogen and oxygen atoms in total. The molecule has 0 aromatic carbocycles. The number of imidazole rings is 1. The van der Waals surface area contributed by atoms with Gasteiger partial charge in [-0.15, -0.1) is 0 Å². The largest absolute Gasteiger partial charge is 0.330 e. The van der Waals surface area contributed by atoms with E-state index in [1.54, 1.807) is 0 Å². The first-order valence-corrected chi connectivity index (χ1v) is 7.95. The van der Waals surface area contributed by atoms with Crippen molar-refractivity contribution < 1.29 is 0 Å². The molecule has 0 saturated carbocycles. The Bertz CT molecular complexity index is 408. The maximum absolute atomic E-state index is 4.78. The van der Waals surface area contributed by atoms with Crippen molar-refractivity contribution in [3.63, 3.8) is 0 Å².